The van der Waals surface area contributed by atoms with Crippen LogP contribution in [-0.2, 0) is 19.2 Å². The first-order valence-corrected chi connectivity index (χ1v) is 15.0. The molecule has 0 unspecified atom stereocenters. The maximum absolute atomic E-state index is 13.1. The van der Waals surface area contributed by atoms with Crippen molar-refractivity contribution in [2.24, 2.45) is 10.9 Å². The van der Waals surface area contributed by atoms with Crippen molar-refractivity contribution in [3.8, 4) is 0 Å². The molecule has 0 saturated carbocycles. The number of carboxylic acid groups (broad SMARTS) is 1. The van der Waals surface area contributed by atoms with E-state index in [1.807, 2.05) is 34.5 Å². The number of fused-ring (bicyclic) bond motifs is 2. The highest BCUT2D eigenvalue weighted by atomic mass is 35.5. The molecule has 4 aliphatic rings. The first kappa shape index (κ1) is 30.6. The van der Waals surface area contributed by atoms with E-state index in [0.29, 0.717) is 17.9 Å². The number of nitrogens with two attached hydrogens (primary N) is 2. The minimum Gasteiger partial charge on any atom is -0.477 e. The molecule has 0 radical (unpaired) electrons. The van der Waals surface area contributed by atoms with Crippen LogP contribution in [-0.4, -0.2) is 91.5 Å². The third-order valence-corrected chi connectivity index (χ3v) is 9.26. The SMILES string of the molecule is CO/N=C(\C(=O)N[C@@H]1C(=O)N2C(C(=O)O)=C(CN3C=CN4NC(SCCCN)=CC=C34)CS[C@@H]12)c1csc(N)n1.Cl. The smallest absolute Gasteiger partial charge is 0.352 e. The Kier molecular flexibility index (Phi) is 9.75. The van der Waals surface area contributed by atoms with Crippen molar-refractivity contribution in [3.63, 3.8) is 0 Å². The van der Waals surface area contributed by atoms with Gasteiger partial charge in [-0.15, -0.1) is 47.3 Å². The van der Waals surface area contributed by atoms with Crippen LogP contribution in [0.5, 0.6) is 0 Å². The normalized spacial score (nSPS) is 21.3. The molecule has 5 rings (SSSR count). The average Bonchev–Trinajstić information content (AvgIpc) is 3.55. The molecular formula is C23H28ClN9O5S3. The number of aliphatic carboxylic acids is 1. The highest BCUT2D eigenvalue weighted by Crippen LogP contribution is 2.41. The van der Waals surface area contributed by atoms with Crippen molar-refractivity contribution in [1.82, 2.24) is 30.5 Å². The van der Waals surface area contributed by atoms with Crippen LogP contribution >= 0.6 is 47.3 Å². The number of allylic oxidation sites excluding steroid dienone is 2. The summed E-state index contributed by atoms with van der Waals surface area (Å²) in [5.74, 6) is -0.296. The Hall–Kier alpha value is -3.38. The Bertz CT molecular complexity index is 1380. The van der Waals surface area contributed by atoms with E-state index in [0.717, 1.165) is 34.4 Å². The molecule has 4 aliphatic heterocycles. The molecule has 14 nitrogen and oxygen atoms in total. The molecule has 18 heteroatoms. The van der Waals surface area contributed by atoms with E-state index in [1.54, 1.807) is 17.1 Å². The minimum atomic E-state index is -1.20. The fraction of sp³-hybridized carbons (Fsp3) is 0.348. The molecule has 220 valence electrons. The van der Waals surface area contributed by atoms with Crippen LogP contribution in [0, 0.1) is 0 Å². The predicted molar refractivity (Wildman–Crippen MR) is 160 cm³/mol. The van der Waals surface area contributed by atoms with Crippen LogP contribution < -0.4 is 22.2 Å². The van der Waals surface area contributed by atoms with Gasteiger partial charge < -0.3 is 31.6 Å². The van der Waals surface area contributed by atoms with Gasteiger partial charge in [-0.25, -0.2) is 14.8 Å². The number of nitrogens with one attached hydrogen (secondary N) is 2. The number of aromatic nitrogens is 1. The summed E-state index contributed by atoms with van der Waals surface area (Å²) in [7, 11) is 1.29. The van der Waals surface area contributed by atoms with Gasteiger partial charge in [0.2, 0.25) is 0 Å². The first-order chi connectivity index (χ1) is 19.3. The molecule has 0 spiro atoms. The zero-order chi connectivity index (χ0) is 28.4. The molecule has 2 atom stereocenters. The summed E-state index contributed by atoms with van der Waals surface area (Å²) < 4.78 is 0. The molecule has 1 aromatic rings. The Morgan fingerprint density at radius 1 is 1.37 bits per heavy atom. The highest BCUT2D eigenvalue weighted by molar-refractivity contribution is 8.03. The lowest BCUT2D eigenvalue weighted by Gasteiger charge is -2.49. The van der Waals surface area contributed by atoms with Crippen LogP contribution in [0.25, 0.3) is 0 Å². The van der Waals surface area contributed by atoms with Gasteiger partial charge in [0.15, 0.2) is 10.8 Å². The lowest BCUT2D eigenvalue weighted by molar-refractivity contribution is -0.150. The van der Waals surface area contributed by atoms with E-state index < -0.39 is 29.2 Å². The topological polar surface area (TPSA) is 192 Å². The van der Waals surface area contributed by atoms with Crippen LogP contribution in [0.15, 0.2) is 57.2 Å². The molecule has 7 N–H and O–H groups in total. The van der Waals surface area contributed by atoms with E-state index in [-0.39, 0.29) is 41.2 Å². The maximum Gasteiger partial charge on any atom is 0.352 e. The van der Waals surface area contributed by atoms with Gasteiger partial charge >= 0.3 is 5.97 Å². The fourth-order valence-electron chi connectivity index (χ4n) is 4.41. The van der Waals surface area contributed by atoms with Crippen molar-refractivity contribution in [2.75, 3.05) is 37.4 Å². The quantitative estimate of drug-likeness (QED) is 0.0978. The number of nitrogens with zero attached hydrogens (tertiary/aromatic N) is 5. The zero-order valence-corrected chi connectivity index (χ0v) is 24.9. The molecule has 5 heterocycles. The lowest BCUT2D eigenvalue weighted by Crippen LogP contribution is -2.71. The number of carbonyl (C=O) groups is 3. The summed E-state index contributed by atoms with van der Waals surface area (Å²) in [5.41, 5.74) is 15.2. The molecule has 1 saturated heterocycles. The van der Waals surface area contributed by atoms with Crippen molar-refractivity contribution in [3.05, 3.63) is 57.7 Å². The zero-order valence-electron chi connectivity index (χ0n) is 21.7. The summed E-state index contributed by atoms with van der Waals surface area (Å²) in [5, 5.41) is 20.5. The minimum absolute atomic E-state index is 0. The monoisotopic (exact) mass is 641 g/mol. The van der Waals surface area contributed by atoms with E-state index in [4.69, 9.17) is 16.3 Å². The van der Waals surface area contributed by atoms with Crippen molar-refractivity contribution < 1.29 is 24.3 Å². The Morgan fingerprint density at radius 2 is 2.17 bits per heavy atom. The number of carboxylic acids is 1. The number of hydrogen-bond acceptors (Lipinski definition) is 14. The first-order valence-electron chi connectivity index (χ1n) is 12.1. The van der Waals surface area contributed by atoms with Gasteiger partial charge in [0.1, 0.15) is 35.7 Å². The summed E-state index contributed by atoms with van der Waals surface area (Å²) in [6.07, 6.45) is 8.55. The van der Waals surface area contributed by atoms with Crippen LogP contribution in [0.3, 0.4) is 0 Å². The lowest BCUT2D eigenvalue weighted by atomic mass is 10.0. The molecule has 0 aromatic carbocycles. The number of nitrogen functional groups attached to an aromatic ring is 1. The van der Waals surface area contributed by atoms with Crippen molar-refractivity contribution in [2.45, 2.75) is 17.8 Å². The summed E-state index contributed by atoms with van der Waals surface area (Å²) in [4.78, 5) is 50.4. The number of thioether (sulfide) groups is 2. The Balaban J connectivity index is 0.00000387. The summed E-state index contributed by atoms with van der Waals surface area (Å²) in [6.45, 7) is 0.915. The highest BCUT2D eigenvalue weighted by Gasteiger charge is 2.54. The number of thiazole rings is 1. The second-order valence-electron chi connectivity index (χ2n) is 8.77. The predicted octanol–water partition coefficient (Wildman–Crippen LogP) is 0.608. The van der Waals surface area contributed by atoms with Gasteiger partial charge in [-0.2, -0.15) is 0 Å². The average molecular weight is 642 g/mol. The Labute approximate surface area is 253 Å². The van der Waals surface area contributed by atoms with Crippen LogP contribution in [0.2, 0.25) is 0 Å². The third kappa shape index (κ3) is 6.13. The fourth-order valence-corrected chi connectivity index (χ4v) is 7.15. The van der Waals surface area contributed by atoms with Gasteiger partial charge in [0.25, 0.3) is 11.8 Å². The number of hydrogen-bond donors (Lipinski definition) is 5. The van der Waals surface area contributed by atoms with Gasteiger partial charge in [-0.05, 0) is 30.7 Å². The number of oxime groups is 1. The second-order valence-corrected chi connectivity index (χ2v) is 11.9. The largest absolute Gasteiger partial charge is 0.477 e. The van der Waals surface area contributed by atoms with E-state index in [1.165, 1.54) is 23.8 Å². The molecule has 41 heavy (non-hydrogen) atoms. The van der Waals surface area contributed by atoms with Crippen LogP contribution in [0.1, 0.15) is 12.1 Å². The molecule has 0 aliphatic carbocycles. The number of hydrazine groups is 1. The van der Waals surface area contributed by atoms with Crippen LogP contribution in [0.4, 0.5) is 5.13 Å². The number of rotatable bonds is 11. The number of anilines is 1. The van der Waals surface area contributed by atoms with Gasteiger partial charge in [0.05, 0.1) is 5.03 Å². The van der Waals surface area contributed by atoms with Crippen molar-refractivity contribution >= 4 is 75.9 Å². The van der Waals surface area contributed by atoms with E-state index in [9.17, 15) is 19.5 Å². The number of amides is 2. The number of β-lactam (4-membered cyclic amide) rings is 1. The molecular weight excluding hydrogens is 614 g/mol. The van der Waals surface area contributed by atoms with Gasteiger partial charge in [-0.1, -0.05) is 5.16 Å². The number of halogens is 1. The second kappa shape index (κ2) is 13.1. The Morgan fingerprint density at radius 3 is 2.85 bits per heavy atom. The molecule has 0 bridgehead atoms. The molecule has 1 aromatic heterocycles. The molecule has 2 amide bonds. The van der Waals surface area contributed by atoms with E-state index in [2.05, 4.69) is 20.9 Å². The third-order valence-electron chi connectivity index (χ3n) is 6.22. The van der Waals surface area contributed by atoms with Gasteiger partial charge in [0, 0.05) is 35.8 Å². The summed E-state index contributed by atoms with van der Waals surface area (Å²) in [6, 6.07) is -0.931. The number of carbonyl (C=O) groups excluding carboxylic acids is 2. The standard InChI is InChI=1S/C23H27N9O5S3.ClH/c1-37-29-16(13-11-40-23(25)26-13)19(33)27-17-20(34)32-18(22(35)36)12(10-39-21(17)32)9-30-6-7-31-15(30)4-3-14(28-31)38-8-2-5-24;/h3-4,6-7,11,17,21,28H,2,5,8-10,24H2,1H3,(H2,25,26)(H,27,33)(H,35,36);1H/b29-16-;/t17-,21+;/m1./s1. The summed E-state index contributed by atoms with van der Waals surface area (Å²) >= 11 is 4.19. The van der Waals surface area contributed by atoms with Gasteiger partial charge in [-0.3, -0.25) is 19.9 Å². The van der Waals surface area contributed by atoms with Crippen molar-refractivity contribution in [1.29, 1.82) is 0 Å². The maximum atomic E-state index is 13.1. The molecule has 1 fully saturated rings. The van der Waals surface area contributed by atoms with E-state index >= 15 is 0 Å².